The number of halogens is 5. The van der Waals surface area contributed by atoms with Gasteiger partial charge in [-0.3, -0.25) is 9.89 Å². The van der Waals surface area contributed by atoms with E-state index in [9.17, 15) is 13.2 Å². The van der Waals surface area contributed by atoms with Gasteiger partial charge in [0.2, 0.25) is 0 Å². The van der Waals surface area contributed by atoms with Gasteiger partial charge in [0.1, 0.15) is 0 Å². The summed E-state index contributed by atoms with van der Waals surface area (Å²) >= 11 is 5.86. The van der Waals surface area contributed by atoms with Crippen LogP contribution in [0.2, 0.25) is 5.02 Å². The highest BCUT2D eigenvalue weighted by Gasteiger charge is 2.34. The van der Waals surface area contributed by atoms with E-state index >= 15 is 0 Å². The maximum Gasteiger partial charge on any atom is 0.401 e. The maximum atomic E-state index is 12.4. The molecule has 0 aliphatic carbocycles. The fourth-order valence-corrected chi connectivity index (χ4v) is 3.04. The molecule has 0 radical (unpaired) electrons. The third-order valence-corrected chi connectivity index (χ3v) is 4.43. The molecule has 2 rings (SSSR count). The van der Waals surface area contributed by atoms with Gasteiger partial charge in [-0.15, -0.1) is 24.0 Å². The molecule has 1 saturated heterocycles. The lowest BCUT2D eigenvalue weighted by molar-refractivity contribution is -0.143. The van der Waals surface area contributed by atoms with Crippen molar-refractivity contribution in [3.63, 3.8) is 0 Å². The maximum absolute atomic E-state index is 12.4. The van der Waals surface area contributed by atoms with Crippen molar-refractivity contribution >= 4 is 41.5 Å². The predicted molar refractivity (Wildman–Crippen MR) is 111 cm³/mol. The van der Waals surface area contributed by atoms with Gasteiger partial charge in [-0.05, 0) is 43.0 Å². The van der Waals surface area contributed by atoms with Crippen LogP contribution in [0.25, 0.3) is 0 Å². The van der Waals surface area contributed by atoms with Crippen molar-refractivity contribution in [1.29, 1.82) is 0 Å². The average Bonchev–Trinajstić information content (AvgIpc) is 2.98. The first-order valence-corrected chi connectivity index (χ1v) is 8.71. The van der Waals surface area contributed by atoms with Crippen LogP contribution in [0.1, 0.15) is 12.0 Å². The molecule has 1 aliphatic rings. The van der Waals surface area contributed by atoms with Gasteiger partial charge in [0.05, 0.1) is 6.54 Å². The highest BCUT2D eigenvalue weighted by Crippen LogP contribution is 2.22. The topological polar surface area (TPSA) is 39.7 Å². The van der Waals surface area contributed by atoms with Gasteiger partial charge in [0.25, 0.3) is 0 Å². The summed E-state index contributed by atoms with van der Waals surface area (Å²) in [5.41, 5.74) is 1.17. The first kappa shape index (κ1) is 23.3. The van der Waals surface area contributed by atoms with Crippen molar-refractivity contribution in [3.8, 4) is 0 Å². The number of guanidine groups is 1. The van der Waals surface area contributed by atoms with Crippen molar-refractivity contribution in [3.05, 3.63) is 34.9 Å². The highest BCUT2D eigenvalue weighted by molar-refractivity contribution is 14.0. The molecule has 0 spiro atoms. The largest absolute Gasteiger partial charge is 0.401 e. The molecule has 148 valence electrons. The molecule has 1 aliphatic heterocycles. The van der Waals surface area contributed by atoms with Crippen LogP contribution >= 0.6 is 35.6 Å². The molecule has 1 fully saturated rings. The van der Waals surface area contributed by atoms with Gasteiger partial charge in [-0.2, -0.15) is 13.2 Å². The number of aliphatic imine (C=N–C) groups is 1. The Hall–Kier alpha value is -0.740. The summed E-state index contributed by atoms with van der Waals surface area (Å²) in [6.45, 7) is 1.47. The van der Waals surface area contributed by atoms with Crippen LogP contribution in [0, 0.1) is 5.92 Å². The molecule has 1 unspecified atom stereocenters. The summed E-state index contributed by atoms with van der Waals surface area (Å²) in [4.78, 5) is 5.61. The summed E-state index contributed by atoms with van der Waals surface area (Å²) in [5, 5.41) is 7.13. The van der Waals surface area contributed by atoms with E-state index in [1.807, 2.05) is 24.3 Å². The fraction of sp³-hybridized carbons (Fsp3) is 0.588. The van der Waals surface area contributed by atoms with Crippen LogP contribution in [0.15, 0.2) is 29.3 Å². The van der Waals surface area contributed by atoms with Crippen LogP contribution in [0.5, 0.6) is 0 Å². The Morgan fingerprint density at radius 3 is 2.58 bits per heavy atom. The second kappa shape index (κ2) is 11.2. The zero-order valence-corrected chi connectivity index (χ0v) is 17.7. The minimum atomic E-state index is -4.12. The third-order valence-electron chi connectivity index (χ3n) is 4.17. The van der Waals surface area contributed by atoms with Gasteiger partial charge in [0.15, 0.2) is 5.96 Å². The summed E-state index contributed by atoms with van der Waals surface area (Å²) in [6.07, 6.45) is -2.52. The molecule has 1 aromatic carbocycles. The Kier molecular flexibility index (Phi) is 10.0. The molecule has 4 nitrogen and oxygen atoms in total. The van der Waals surface area contributed by atoms with Crippen molar-refractivity contribution < 1.29 is 13.2 Å². The van der Waals surface area contributed by atoms with Gasteiger partial charge in [-0.25, -0.2) is 0 Å². The molecular formula is C17H25ClF3IN4. The van der Waals surface area contributed by atoms with Crippen LogP contribution in [0.4, 0.5) is 13.2 Å². The number of likely N-dealkylation sites (tertiary alicyclic amines) is 1. The monoisotopic (exact) mass is 504 g/mol. The van der Waals surface area contributed by atoms with Crippen LogP contribution in [0.3, 0.4) is 0 Å². The summed E-state index contributed by atoms with van der Waals surface area (Å²) in [5.74, 6) is 0.875. The molecule has 0 bridgehead atoms. The zero-order valence-electron chi connectivity index (χ0n) is 14.7. The summed E-state index contributed by atoms with van der Waals surface area (Å²) in [6, 6.07) is 7.68. The molecule has 1 aromatic rings. The summed E-state index contributed by atoms with van der Waals surface area (Å²) in [7, 11) is 1.68. The molecule has 0 aromatic heterocycles. The lowest BCUT2D eigenvalue weighted by atomic mass is 10.1. The first-order chi connectivity index (χ1) is 11.9. The number of rotatable bonds is 6. The Bertz CT molecular complexity index is 566. The molecule has 26 heavy (non-hydrogen) atoms. The van der Waals surface area contributed by atoms with Crippen LogP contribution in [-0.4, -0.2) is 56.8 Å². The van der Waals surface area contributed by atoms with E-state index in [1.54, 1.807) is 7.05 Å². The van der Waals surface area contributed by atoms with Crippen LogP contribution < -0.4 is 10.6 Å². The minimum Gasteiger partial charge on any atom is -0.356 e. The van der Waals surface area contributed by atoms with Gasteiger partial charge >= 0.3 is 6.18 Å². The molecule has 1 heterocycles. The van der Waals surface area contributed by atoms with Crippen LogP contribution in [-0.2, 0) is 6.42 Å². The Labute approximate surface area is 174 Å². The molecule has 0 saturated carbocycles. The van der Waals surface area contributed by atoms with E-state index in [0.717, 1.165) is 12.8 Å². The average molecular weight is 505 g/mol. The third kappa shape index (κ3) is 8.77. The number of hydrogen-bond donors (Lipinski definition) is 2. The number of alkyl halides is 3. The zero-order chi connectivity index (χ0) is 18.3. The van der Waals surface area contributed by atoms with E-state index < -0.39 is 12.7 Å². The van der Waals surface area contributed by atoms with E-state index in [1.165, 1.54) is 10.5 Å². The highest BCUT2D eigenvalue weighted by atomic mass is 127. The van der Waals surface area contributed by atoms with E-state index in [4.69, 9.17) is 11.6 Å². The Morgan fingerprint density at radius 1 is 1.27 bits per heavy atom. The fourth-order valence-electron chi connectivity index (χ4n) is 2.91. The lowest BCUT2D eigenvalue weighted by Crippen LogP contribution is -2.41. The smallest absolute Gasteiger partial charge is 0.356 e. The second-order valence-corrected chi connectivity index (χ2v) is 6.70. The quantitative estimate of drug-likeness (QED) is 0.354. The van der Waals surface area contributed by atoms with E-state index in [-0.39, 0.29) is 29.9 Å². The number of nitrogens with zero attached hydrogens (tertiary/aromatic N) is 2. The number of nitrogens with one attached hydrogen (secondary N) is 2. The summed E-state index contributed by atoms with van der Waals surface area (Å²) < 4.78 is 37.2. The van der Waals surface area contributed by atoms with Crippen molar-refractivity contribution in [1.82, 2.24) is 15.5 Å². The Balaban J connectivity index is 0.00000338. The normalized spacial score (nSPS) is 18.5. The SMILES string of the molecule is CN=C(NCCc1ccc(Cl)cc1)NCC1CCN(CC(F)(F)F)C1.I. The number of hydrogen-bond acceptors (Lipinski definition) is 2. The van der Waals surface area contributed by atoms with Gasteiger partial charge in [0, 0.05) is 31.7 Å². The van der Waals surface area contributed by atoms with Gasteiger partial charge in [-0.1, -0.05) is 23.7 Å². The molecule has 2 N–H and O–H groups in total. The minimum absolute atomic E-state index is 0. The Morgan fingerprint density at radius 2 is 1.96 bits per heavy atom. The van der Waals surface area contributed by atoms with Crippen molar-refractivity contribution in [2.45, 2.75) is 19.0 Å². The van der Waals surface area contributed by atoms with Crippen molar-refractivity contribution in [2.24, 2.45) is 10.9 Å². The molecule has 9 heteroatoms. The molecular weight excluding hydrogens is 480 g/mol. The lowest BCUT2D eigenvalue weighted by Gasteiger charge is -2.18. The first-order valence-electron chi connectivity index (χ1n) is 8.34. The van der Waals surface area contributed by atoms with Gasteiger partial charge < -0.3 is 10.6 Å². The molecule has 0 amide bonds. The van der Waals surface area contributed by atoms with Crippen molar-refractivity contribution in [2.75, 3.05) is 39.8 Å². The standard InChI is InChI=1S/C17H24ClF3N4.HI/c1-22-16(23-8-6-13-2-4-15(18)5-3-13)24-10-14-7-9-25(11-14)12-17(19,20)21;/h2-5,14H,6-12H2,1H3,(H2,22,23,24);1H. The second-order valence-electron chi connectivity index (χ2n) is 6.26. The molecule has 1 atom stereocenters. The van der Waals surface area contributed by atoms with E-state index in [0.29, 0.717) is 37.2 Å². The predicted octanol–water partition coefficient (Wildman–Crippen LogP) is 3.55. The number of benzene rings is 1. The van der Waals surface area contributed by atoms with E-state index in [2.05, 4.69) is 15.6 Å².